The number of nitrogens with two attached hydrogens (primary N) is 1. The van der Waals surface area contributed by atoms with Gasteiger partial charge in [-0.2, -0.15) is 0 Å². The number of rotatable bonds is 2. The van der Waals surface area contributed by atoms with Gasteiger partial charge >= 0.3 is 0 Å². The van der Waals surface area contributed by atoms with Crippen LogP contribution in [0.2, 0.25) is 0 Å². The van der Waals surface area contributed by atoms with E-state index in [1.54, 1.807) is 0 Å². The van der Waals surface area contributed by atoms with Crippen LogP contribution in [-0.2, 0) is 0 Å². The molecule has 0 aromatic carbocycles. The summed E-state index contributed by atoms with van der Waals surface area (Å²) in [4.78, 5) is 2.31. The Morgan fingerprint density at radius 3 is 2.67 bits per heavy atom. The average Bonchev–Trinajstić information content (AvgIpc) is 2.09. The van der Waals surface area contributed by atoms with E-state index >= 15 is 0 Å². The molecule has 1 heterocycles. The molecule has 4 nitrogen and oxygen atoms in total. The van der Waals surface area contributed by atoms with Crippen molar-refractivity contribution in [1.29, 1.82) is 0 Å². The highest BCUT2D eigenvalue weighted by molar-refractivity contribution is 5.79. The largest absolute Gasteiger partial charge is 0.409 e. The molecular formula is C8H17N3O. The molecule has 0 radical (unpaired) electrons. The van der Waals surface area contributed by atoms with Crippen LogP contribution in [0.4, 0.5) is 0 Å². The number of amidine groups is 1. The molecule has 1 fully saturated rings. The Morgan fingerprint density at radius 2 is 2.17 bits per heavy atom. The number of piperidine rings is 1. The second kappa shape index (κ2) is 4.30. The summed E-state index contributed by atoms with van der Waals surface area (Å²) in [5, 5.41) is 11.4. The Morgan fingerprint density at radius 1 is 1.58 bits per heavy atom. The highest BCUT2D eigenvalue weighted by Crippen LogP contribution is 2.18. The van der Waals surface area contributed by atoms with Crippen LogP contribution in [0.3, 0.4) is 0 Å². The SMILES string of the molecule is CN1CCC(C/C(N)=N/O)CC1. The van der Waals surface area contributed by atoms with Crippen LogP contribution in [0.25, 0.3) is 0 Å². The zero-order chi connectivity index (χ0) is 8.97. The number of hydrogen-bond acceptors (Lipinski definition) is 3. The smallest absolute Gasteiger partial charge is 0.139 e. The molecule has 4 heteroatoms. The van der Waals surface area contributed by atoms with E-state index < -0.39 is 0 Å². The minimum absolute atomic E-state index is 0.365. The first-order chi connectivity index (χ1) is 5.72. The monoisotopic (exact) mass is 171 g/mol. The van der Waals surface area contributed by atoms with Crippen LogP contribution in [0.15, 0.2) is 5.16 Å². The molecule has 3 N–H and O–H groups in total. The first-order valence-electron chi connectivity index (χ1n) is 4.37. The number of oxime groups is 1. The topological polar surface area (TPSA) is 61.8 Å². The van der Waals surface area contributed by atoms with Gasteiger partial charge in [0.2, 0.25) is 0 Å². The fourth-order valence-corrected chi connectivity index (χ4v) is 1.60. The summed E-state index contributed by atoms with van der Waals surface area (Å²) < 4.78 is 0. The van der Waals surface area contributed by atoms with Gasteiger partial charge in [-0.15, -0.1) is 0 Å². The van der Waals surface area contributed by atoms with Gasteiger partial charge in [-0.05, 0) is 38.9 Å². The molecule has 0 saturated carbocycles. The van der Waals surface area contributed by atoms with Crippen molar-refractivity contribution >= 4 is 5.84 Å². The maximum atomic E-state index is 8.37. The van der Waals surface area contributed by atoms with E-state index in [2.05, 4.69) is 17.1 Å². The molecule has 0 atom stereocenters. The summed E-state index contributed by atoms with van der Waals surface area (Å²) in [6.45, 7) is 2.26. The molecule has 70 valence electrons. The molecule has 1 aliphatic rings. The number of likely N-dealkylation sites (tertiary alicyclic amines) is 1. The molecule has 1 saturated heterocycles. The van der Waals surface area contributed by atoms with Crippen molar-refractivity contribution in [3.63, 3.8) is 0 Å². The Kier molecular flexibility index (Phi) is 3.34. The molecule has 1 rings (SSSR count). The molecule has 0 amide bonds. The first-order valence-corrected chi connectivity index (χ1v) is 4.37. The molecule has 1 aliphatic heterocycles. The molecule has 0 aromatic rings. The lowest BCUT2D eigenvalue weighted by Gasteiger charge is -2.28. The van der Waals surface area contributed by atoms with Gasteiger partial charge in [0, 0.05) is 6.42 Å². The van der Waals surface area contributed by atoms with Crippen molar-refractivity contribution in [2.45, 2.75) is 19.3 Å². The van der Waals surface area contributed by atoms with Crippen LogP contribution in [0.1, 0.15) is 19.3 Å². The van der Waals surface area contributed by atoms with E-state index in [4.69, 9.17) is 10.9 Å². The van der Waals surface area contributed by atoms with E-state index in [-0.39, 0.29) is 0 Å². The van der Waals surface area contributed by atoms with Gasteiger partial charge in [-0.3, -0.25) is 0 Å². The van der Waals surface area contributed by atoms with Gasteiger partial charge in [0.1, 0.15) is 5.84 Å². The highest BCUT2D eigenvalue weighted by atomic mass is 16.4. The van der Waals surface area contributed by atoms with Gasteiger partial charge < -0.3 is 15.8 Å². The molecule has 0 unspecified atom stereocenters. The van der Waals surface area contributed by atoms with Crippen LogP contribution in [0.5, 0.6) is 0 Å². The fraction of sp³-hybridized carbons (Fsp3) is 0.875. The van der Waals surface area contributed by atoms with Crippen LogP contribution >= 0.6 is 0 Å². The third kappa shape index (κ3) is 2.70. The van der Waals surface area contributed by atoms with Crippen LogP contribution in [0, 0.1) is 5.92 Å². The van der Waals surface area contributed by atoms with Gasteiger partial charge in [0.05, 0.1) is 0 Å². The third-order valence-electron chi connectivity index (χ3n) is 2.46. The summed E-state index contributed by atoms with van der Waals surface area (Å²) in [6.07, 6.45) is 3.06. The highest BCUT2D eigenvalue weighted by Gasteiger charge is 2.17. The van der Waals surface area contributed by atoms with Crippen LogP contribution < -0.4 is 5.73 Å². The Bertz CT molecular complexity index is 162. The molecular weight excluding hydrogens is 154 g/mol. The first kappa shape index (κ1) is 9.32. The summed E-state index contributed by atoms with van der Waals surface area (Å²) in [7, 11) is 2.12. The predicted octanol–water partition coefficient (Wildman–Crippen LogP) is 0.465. The standard InChI is InChI=1S/C8H17N3O/c1-11-4-2-7(3-5-11)6-8(9)10-12/h7,12H,2-6H2,1H3,(H2,9,10). The summed E-state index contributed by atoms with van der Waals surface area (Å²) in [5.74, 6) is 0.974. The average molecular weight is 171 g/mol. The zero-order valence-corrected chi connectivity index (χ0v) is 7.53. The van der Waals surface area contributed by atoms with Gasteiger partial charge in [0.15, 0.2) is 0 Å². The van der Waals surface area contributed by atoms with Crippen LogP contribution in [-0.4, -0.2) is 36.1 Å². The lowest BCUT2D eigenvalue weighted by Crippen LogP contribution is -2.32. The Labute approximate surface area is 73.0 Å². The Balaban J connectivity index is 2.26. The minimum atomic E-state index is 0.365. The summed E-state index contributed by atoms with van der Waals surface area (Å²) in [6, 6.07) is 0. The fourth-order valence-electron chi connectivity index (χ4n) is 1.60. The Hall–Kier alpha value is -0.770. The maximum Gasteiger partial charge on any atom is 0.139 e. The molecule has 0 spiro atoms. The maximum absolute atomic E-state index is 8.37. The normalized spacial score (nSPS) is 22.9. The molecule has 12 heavy (non-hydrogen) atoms. The number of nitrogens with zero attached hydrogens (tertiary/aromatic N) is 2. The van der Waals surface area contributed by atoms with Gasteiger partial charge in [-0.25, -0.2) is 0 Å². The van der Waals surface area contributed by atoms with Crippen molar-refractivity contribution in [3.8, 4) is 0 Å². The van der Waals surface area contributed by atoms with Crippen molar-refractivity contribution in [2.75, 3.05) is 20.1 Å². The van der Waals surface area contributed by atoms with Crippen molar-refractivity contribution in [1.82, 2.24) is 4.90 Å². The molecule has 0 aromatic heterocycles. The van der Waals surface area contributed by atoms with Gasteiger partial charge in [-0.1, -0.05) is 5.16 Å². The van der Waals surface area contributed by atoms with E-state index in [0.717, 1.165) is 32.4 Å². The van der Waals surface area contributed by atoms with Crippen molar-refractivity contribution in [3.05, 3.63) is 0 Å². The van der Waals surface area contributed by atoms with Crippen molar-refractivity contribution < 1.29 is 5.21 Å². The second-order valence-corrected chi connectivity index (χ2v) is 3.54. The van der Waals surface area contributed by atoms with Crippen molar-refractivity contribution in [2.24, 2.45) is 16.8 Å². The lowest BCUT2D eigenvalue weighted by atomic mass is 9.93. The minimum Gasteiger partial charge on any atom is -0.409 e. The summed E-state index contributed by atoms with van der Waals surface area (Å²) in [5.41, 5.74) is 5.42. The second-order valence-electron chi connectivity index (χ2n) is 3.54. The molecule has 0 aliphatic carbocycles. The zero-order valence-electron chi connectivity index (χ0n) is 7.53. The van der Waals surface area contributed by atoms with E-state index in [1.165, 1.54) is 0 Å². The predicted molar refractivity (Wildman–Crippen MR) is 48.2 cm³/mol. The van der Waals surface area contributed by atoms with Gasteiger partial charge in [0.25, 0.3) is 0 Å². The van der Waals surface area contributed by atoms with E-state index in [9.17, 15) is 0 Å². The summed E-state index contributed by atoms with van der Waals surface area (Å²) >= 11 is 0. The van der Waals surface area contributed by atoms with E-state index in [0.29, 0.717) is 11.8 Å². The lowest BCUT2D eigenvalue weighted by molar-refractivity contribution is 0.221. The molecule has 0 bridgehead atoms. The third-order valence-corrected chi connectivity index (χ3v) is 2.46. The number of hydrogen-bond donors (Lipinski definition) is 2. The quantitative estimate of drug-likeness (QED) is 0.275. The van der Waals surface area contributed by atoms with E-state index in [1.807, 2.05) is 0 Å².